The Hall–Kier alpha value is -1.26. The number of carbonyl (C=O) groups is 2. The third-order valence-electron chi connectivity index (χ3n) is 5.21. The smallest absolute Gasteiger partial charge is 0.407 e. The first-order chi connectivity index (χ1) is 14.1. The second-order valence-electron chi connectivity index (χ2n) is 8.06. The molecule has 0 aromatic rings. The van der Waals surface area contributed by atoms with Crippen LogP contribution in [0.1, 0.15) is 124 Å². The van der Waals surface area contributed by atoms with Crippen molar-refractivity contribution in [1.29, 1.82) is 0 Å². The minimum atomic E-state index is -0.671. The molecule has 0 aliphatic rings. The highest BCUT2D eigenvalue weighted by Gasteiger charge is 2.17. The first-order valence-electron chi connectivity index (χ1n) is 12.2. The molecule has 1 unspecified atom stereocenters. The fraction of sp³-hybridized carbons (Fsp3) is 0.917. The van der Waals surface area contributed by atoms with Gasteiger partial charge in [-0.2, -0.15) is 0 Å². The molecule has 0 aliphatic heterocycles. The van der Waals surface area contributed by atoms with Crippen LogP contribution in [0, 0.1) is 0 Å². The van der Waals surface area contributed by atoms with Gasteiger partial charge in [0, 0.05) is 0 Å². The quantitative estimate of drug-likeness (QED) is 0.174. The van der Waals surface area contributed by atoms with Crippen molar-refractivity contribution < 1.29 is 19.1 Å². The Labute approximate surface area is 179 Å². The van der Waals surface area contributed by atoms with Crippen LogP contribution in [0.3, 0.4) is 0 Å². The zero-order chi connectivity index (χ0) is 21.6. The van der Waals surface area contributed by atoms with Gasteiger partial charge in [0.15, 0.2) is 0 Å². The number of alkyl carbamates (subject to hydrolysis) is 1. The van der Waals surface area contributed by atoms with E-state index in [0.717, 1.165) is 12.8 Å². The lowest BCUT2D eigenvalue weighted by Gasteiger charge is -2.13. The molecule has 5 nitrogen and oxygen atoms in total. The van der Waals surface area contributed by atoms with Gasteiger partial charge in [0.25, 0.3) is 0 Å². The molecule has 0 spiro atoms. The summed E-state index contributed by atoms with van der Waals surface area (Å²) < 4.78 is 9.94. The number of ether oxygens (including phenoxy) is 2. The van der Waals surface area contributed by atoms with Crippen LogP contribution in [0.15, 0.2) is 0 Å². The maximum Gasteiger partial charge on any atom is 0.407 e. The van der Waals surface area contributed by atoms with Crippen molar-refractivity contribution in [2.24, 2.45) is 0 Å². The molecule has 0 aromatic carbocycles. The lowest BCUT2D eigenvalue weighted by molar-refractivity contribution is -0.145. The van der Waals surface area contributed by atoms with Crippen molar-refractivity contribution in [2.45, 2.75) is 130 Å². The largest absolute Gasteiger partial charge is 0.464 e. The average Bonchev–Trinajstić information content (AvgIpc) is 2.70. The standard InChI is InChI=1S/C24H47NO4/c1-4-6-7-8-9-10-11-12-13-14-15-16-17-18-19-20-21-29-23(26)22(3)25-24(27)28-5-2/h22H,4-21H2,1-3H3,(H,25,27). The molecule has 0 aromatic heterocycles. The van der Waals surface area contributed by atoms with E-state index in [2.05, 4.69) is 12.2 Å². The third kappa shape index (κ3) is 19.8. The third-order valence-corrected chi connectivity index (χ3v) is 5.21. The first-order valence-corrected chi connectivity index (χ1v) is 12.2. The Bertz CT molecular complexity index is 387. The van der Waals surface area contributed by atoms with E-state index in [0.29, 0.717) is 6.61 Å². The fourth-order valence-electron chi connectivity index (χ4n) is 3.36. The van der Waals surface area contributed by atoms with Crippen LogP contribution in [0.4, 0.5) is 4.79 Å². The van der Waals surface area contributed by atoms with E-state index in [9.17, 15) is 9.59 Å². The topological polar surface area (TPSA) is 64.6 Å². The second kappa shape index (κ2) is 21.4. The van der Waals surface area contributed by atoms with Crippen molar-refractivity contribution in [3.8, 4) is 0 Å². The lowest BCUT2D eigenvalue weighted by atomic mass is 10.0. The molecule has 1 N–H and O–H groups in total. The number of esters is 1. The van der Waals surface area contributed by atoms with Gasteiger partial charge in [-0.1, -0.05) is 103 Å². The van der Waals surface area contributed by atoms with Crippen LogP contribution in [0.2, 0.25) is 0 Å². The molecule has 0 heterocycles. The predicted molar refractivity (Wildman–Crippen MR) is 120 cm³/mol. The molecule has 0 radical (unpaired) electrons. The number of rotatable bonds is 20. The fourth-order valence-corrected chi connectivity index (χ4v) is 3.36. The van der Waals surface area contributed by atoms with Gasteiger partial charge < -0.3 is 14.8 Å². The van der Waals surface area contributed by atoms with Gasteiger partial charge in [-0.05, 0) is 20.3 Å². The Morgan fingerprint density at radius 3 is 1.48 bits per heavy atom. The molecule has 0 rings (SSSR count). The van der Waals surface area contributed by atoms with E-state index < -0.39 is 18.1 Å². The van der Waals surface area contributed by atoms with Crippen molar-refractivity contribution in [3.63, 3.8) is 0 Å². The molecule has 1 amide bonds. The van der Waals surface area contributed by atoms with Crippen molar-refractivity contribution in [1.82, 2.24) is 5.32 Å². The molecule has 29 heavy (non-hydrogen) atoms. The molecule has 172 valence electrons. The zero-order valence-corrected chi connectivity index (χ0v) is 19.4. The Morgan fingerprint density at radius 1 is 0.655 bits per heavy atom. The lowest BCUT2D eigenvalue weighted by Crippen LogP contribution is -2.39. The molecule has 0 saturated carbocycles. The van der Waals surface area contributed by atoms with Crippen LogP contribution in [0.5, 0.6) is 0 Å². The summed E-state index contributed by atoms with van der Waals surface area (Å²) in [6.07, 6.45) is 20.5. The summed E-state index contributed by atoms with van der Waals surface area (Å²) in [6.45, 7) is 6.30. The van der Waals surface area contributed by atoms with E-state index in [1.165, 1.54) is 89.9 Å². The minimum Gasteiger partial charge on any atom is -0.464 e. The SMILES string of the molecule is CCCCCCCCCCCCCCCCCCOC(=O)C(C)NC(=O)OCC. The number of nitrogens with one attached hydrogen (secondary N) is 1. The van der Waals surface area contributed by atoms with Gasteiger partial charge in [-0.15, -0.1) is 0 Å². The number of hydrogen-bond donors (Lipinski definition) is 1. The molecule has 0 bridgehead atoms. The zero-order valence-electron chi connectivity index (χ0n) is 19.4. The molecule has 5 heteroatoms. The van der Waals surface area contributed by atoms with Crippen LogP contribution in [0.25, 0.3) is 0 Å². The summed E-state index contributed by atoms with van der Waals surface area (Å²) in [4.78, 5) is 23.0. The monoisotopic (exact) mass is 413 g/mol. The van der Waals surface area contributed by atoms with Crippen molar-refractivity contribution in [3.05, 3.63) is 0 Å². The normalized spacial score (nSPS) is 11.8. The number of hydrogen-bond acceptors (Lipinski definition) is 4. The second-order valence-corrected chi connectivity index (χ2v) is 8.06. The Balaban J connectivity index is 3.27. The van der Waals surface area contributed by atoms with Crippen molar-refractivity contribution >= 4 is 12.1 Å². The van der Waals surface area contributed by atoms with Gasteiger partial charge in [-0.3, -0.25) is 0 Å². The van der Waals surface area contributed by atoms with E-state index in [4.69, 9.17) is 9.47 Å². The molecule has 0 fully saturated rings. The van der Waals surface area contributed by atoms with Crippen LogP contribution < -0.4 is 5.32 Å². The van der Waals surface area contributed by atoms with Crippen LogP contribution >= 0.6 is 0 Å². The molecule has 1 atom stereocenters. The average molecular weight is 414 g/mol. The number of carbonyl (C=O) groups excluding carboxylic acids is 2. The minimum absolute atomic E-state index is 0.285. The van der Waals surface area contributed by atoms with Crippen molar-refractivity contribution in [2.75, 3.05) is 13.2 Å². The van der Waals surface area contributed by atoms with Gasteiger partial charge in [0.1, 0.15) is 6.04 Å². The summed E-state index contributed by atoms with van der Waals surface area (Å²) in [6, 6.07) is -0.671. The summed E-state index contributed by atoms with van der Waals surface area (Å²) in [5, 5.41) is 2.45. The highest BCUT2D eigenvalue weighted by molar-refractivity contribution is 5.80. The maximum atomic E-state index is 11.8. The Kier molecular flexibility index (Phi) is 20.5. The van der Waals surface area contributed by atoms with E-state index in [1.54, 1.807) is 13.8 Å². The van der Waals surface area contributed by atoms with E-state index >= 15 is 0 Å². The molecular formula is C24H47NO4. The highest BCUT2D eigenvalue weighted by Crippen LogP contribution is 2.13. The highest BCUT2D eigenvalue weighted by atomic mass is 16.6. The molecule has 0 saturated heterocycles. The summed E-state index contributed by atoms with van der Waals surface area (Å²) in [5.41, 5.74) is 0. The summed E-state index contributed by atoms with van der Waals surface area (Å²) in [7, 11) is 0. The first kappa shape index (κ1) is 27.7. The maximum absolute atomic E-state index is 11.8. The summed E-state index contributed by atoms with van der Waals surface area (Å²) >= 11 is 0. The number of amides is 1. The Morgan fingerprint density at radius 2 is 1.07 bits per heavy atom. The van der Waals surface area contributed by atoms with Crippen LogP contribution in [-0.4, -0.2) is 31.3 Å². The van der Waals surface area contributed by atoms with Gasteiger partial charge in [0.05, 0.1) is 13.2 Å². The van der Waals surface area contributed by atoms with E-state index in [-0.39, 0.29) is 6.61 Å². The number of unbranched alkanes of at least 4 members (excludes halogenated alkanes) is 15. The molecular weight excluding hydrogens is 366 g/mol. The van der Waals surface area contributed by atoms with Crippen LogP contribution in [-0.2, 0) is 14.3 Å². The summed E-state index contributed by atoms with van der Waals surface area (Å²) in [5.74, 6) is -0.404. The molecule has 0 aliphatic carbocycles. The van der Waals surface area contributed by atoms with Gasteiger partial charge in [0.2, 0.25) is 0 Å². The van der Waals surface area contributed by atoms with E-state index in [1.807, 2.05) is 0 Å². The van der Waals surface area contributed by atoms with Gasteiger partial charge in [-0.25, -0.2) is 9.59 Å². The predicted octanol–water partition coefficient (Wildman–Crippen LogP) is 6.93. The van der Waals surface area contributed by atoms with Gasteiger partial charge >= 0.3 is 12.1 Å².